The maximum absolute atomic E-state index is 14.6. The fourth-order valence-electron chi connectivity index (χ4n) is 4.05. The lowest BCUT2D eigenvalue weighted by Crippen LogP contribution is -2.44. The molecule has 1 saturated heterocycles. The highest BCUT2D eigenvalue weighted by Gasteiger charge is 2.34. The zero-order valence-electron chi connectivity index (χ0n) is 16.8. The molecule has 0 saturated carbocycles. The molecule has 0 bridgehead atoms. The van der Waals surface area contributed by atoms with Gasteiger partial charge in [-0.3, -0.25) is 4.31 Å². The zero-order valence-corrected chi connectivity index (χ0v) is 18.4. The van der Waals surface area contributed by atoms with E-state index in [0.29, 0.717) is 49.1 Å². The van der Waals surface area contributed by atoms with E-state index in [1.165, 1.54) is 22.5 Å². The molecular formula is C20H24ClFN4O4S. The van der Waals surface area contributed by atoms with Crippen molar-refractivity contribution < 1.29 is 22.3 Å². The predicted molar refractivity (Wildman–Crippen MR) is 119 cm³/mol. The summed E-state index contributed by atoms with van der Waals surface area (Å²) in [5.74, 6) is 0.538. The van der Waals surface area contributed by atoms with E-state index in [1.807, 2.05) is 4.90 Å². The number of anilines is 3. The van der Waals surface area contributed by atoms with E-state index >= 15 is 0 Å². The van der Waals surface area contributed by atoms with Crippen LogP contribution in [0.25, 0.3) is 0 Å². The van der Waals surface area contributed by atoms with Gasteiger partial charge in [-0.1, -0.05) is 0 Å². The first kappa shape index (κ1) is 21.8. The fraction of sp³-hybridized carbons (Fsp3) is 0.400. The Morgan fingerprint density at radius 1 is 0.935 bits per heavy atom. The molecule has 2 aromatic carbocycles. The molecule has 3 aliphatic heterocycles. The van der Waals surface area contributed by atoms with Crippen molar-refractivity contribution in [1.29, 1.82) is 0 Å². The molecule has 168 valence electrons. The summed E-state index contributed by atoms with van der Waals surface area (Å²) >= 11 is 0. The number of nitrogens with one attached hydrogen (secondary N) is 2. The summed E-state index contributed by atoms with van der Waals surface area (Å²) in [6.45, 7) is 4.39. The number of nitrogens with zero attached hydrogens (tertiary/aromatic N) is 2. The van der Waals surface area contributed by atoms with E-state index in [2.05, 4.69) is 10.6 Å². The van der Waals surface area contributed by atoms with E-state index in [-0.39, 0.29) is 36.1 Å². The minimum Gasteiger partial charge on any atom is -0.490 e. The number of sulfonamides is 1. The number of ether oxygens (including phenoxy) is 2. The molecule has 11 heteroatoms. The Morgan fingerprint density at radius 3 is 2.52 bits per heavy atom. The SMILES string of the molecule is Cl.O=S(=O)(c1ccc2c(c1)NCCO2)N1CCOc2c(N3CCNCC3)cc(F)cc21. The number of benzene rings is 2. The molecule has 0 radical (unpaired) electrons. The summed E-state index contributed by atoms with van der Waals surface area (Å²) in [7, 11) is -3.91. The van der Waals surface area contributed by atoms with Crippen molar-refractivity contribution in [2.75, 3.05) is 67.0 Å². The Morgan fingerprint density at radius 2 is 1.71 bits per heavy atom. The van der Waals surface area contributed by atoms with Crippen LogP contribution in [0.1, 0.15) is 0 Å². The molecule has 5 rings (SSSR count). The molecule has 0 amide bonds. The Labute approximate surface area is 186 Å². The van der Waals surface area contributed by atoms with Crippen LogP contribution in [0.5, 0.6) is 11.5 Å². The van der Waals surface area contributed by atoms with E-state index in [1.54, 1.807) is 12.1 Å². The lowest BCUT2D eigenvalue weighted by molar-refractivity contribution is 0.315. The average molecular weight is 471 g/mol. The monoisotopic (exact) mass is 470 g/mol. The van der Waals surface area contributed by atoms with Gasteiger partial charge >= 0.3 is 0 Å². The molecule has 8 nitrogen and oxygen atoms in total. The standard InChI is InChI=1S/C20H23FN4O4S.ClH/c21-14-11-17(24-6-3-22-4-7-24)20-18(12-14)25(8-10-29-20)30(26,27)15-1-2-19-16(13-15)23-5-9-28-19;/h1-2,11-13,22-23H,3-10H2;1H. The second kappa shape index (κ2) is 8.60. The van der Waals surface area contributed by atoms with Crippen molar-refractivity contribution in [2.24, 2.45) is 0 Å². The van der Waals surface area contributed by atoms with Gasteiger partial charge < -0.3 is 25.0 Å². The lowest BCUT2D eigenvalue weighted by atomic mass is 10.2. The highest BCUT2D eigenvalue weighted by Crippen LogP contribution is 2.44. The summed E-state index contributed by atoms with van der Waals surface area (Å²) in [4.78, 5) is 2.15. The largest absolute Gasteiger partial charge is 0.490 e. The molecule has 3 heterocycles. The molecule has 0 aromatic heterocycles. The first-order valence-electron chi connectivity index (χ1n) is 9.99. The fourth-order valence-corrected chi connectivity index (χ4v) is 5.52. The molecule has 2 N–H and O–H groups in total. The van der Waals surface area contributed by atoms with Gasteiger partial charge in [0.25, 0.3) is 10.0 Å². The maximum Gasteiger partial charge on any atom is 0.264 e. The Bertz CT molecular complexity index is 1080. The summed E-state index contributed by atoms with van der Waals surface area (Å²) in [6, 6.07) is 7.38. The number of hydrogen-bond donors (Lipinski definition) is 2. The van der Waals surface area contributed by atoms with Crippen LogP contribution in [0, 0.1) is 5.82 Å². The van der Waals surface area contributed by atoms with Crippen molar-refractivity contribution in [1.82, 2.24) is 5.32 Å². The van der Waals surface area contributed by atoms with E-state index in [4.69, 9.17) is 9.47 Å². The van der Waals surface area contributed by atoms with Crippen LogP contribution in [0.3, 0.4) is 0 Å². The molecule has 0 atom stereocenters. The first-order chi connectivity index (χ1) is 14.5. The highest BCUT2D eigenvalue weighted by molar-refractivity contribution is 7.92. The van der Waals surface area contributed by atoms with Crippen LogP contribution in [0.15, 0.2) is 35.2 Å². The van der Waals surface area contributed by atoms with Gasteiger partial charge in [-0.2, -0.15) is 0 Å². The molecule has 3 aliphatic rings. The molecule has 1 fully saturated rings. The van der Waals surface area contributed by atoms with Crippen molar-refractivity contribution in [3.63, 3.8) is 0 Å². The third-order valence-electron chi connectivity index (χ3n) is 5.50. The Kier molecular flexibility index (Phi) is 6.05. The predicted octanol–water partition coefficient (Wildman–Crippen LogP) is 2.05. The van der Waals surface area contributed by atoms with Gasteiger partial charge in [-0.15, -0.1) is 12.4 Å². The van der Waals surface area contributed by atoms with E-state index < -0.39 is 15.8 Å². The van der Waals surface area contributed by atoms with Gasteiger partial charge in [0, 0.05) is 44.9 Å². The smallest absolute Gasteiger partial charge is 0.264 e. The minimum absolute atomic E-state index is 0. The van der Waals surface area contributed by atoms with Crippen molar-refractivity contribution in [3.8, 4) is 11.5 Å². The van der Waals surface area contributed by atoms with Gasteiger partial charge in [0.2, 0.25) is 0 Å². The molecule has 0 spiro atoms. The first-order valence-corrected chi connectivity index (χ1v) is 11.4. The maximum atomic E-state index is 14.6. The quantitative estimate of drug-likeness (QED) is 0.710. The van der Waals surface area contributed by atoms with Crippen LogP contribution in [-0.4, -0.2) is 60.9 Å². The lowest BCUT2D eigenvalue weighted by Gasteiger charge is -2.36. The molecule has 31 heavy (non-hydrogen) atoms. The van der Waals surface area contributed by atoms with Gasteiger partial charge in [-0.25, -0.2) is 12.8 Å². The van der Waals surface area contributed by atoms with Gasteiger partial charge in [-0.05, 0) is 18.2 Å². The summed E-state index contributed by atoms with van der Waals surface area (Å²) < 4.78 is 54.2. The second-order valence-electron chi connectivity index (χ2n) is 7.37. The summed E-state index contributed by atoms with van der Waals surface area (Å²) in [5.41, 5.74) is 1.46. The number of halogens is 2. The van der Waals surface area contributed by atoms with E-state index in [0.717, 1.165) is 13.1 Å². The third-order valence-corrected chi connectivity index (χ3v) is 7.30. The Hall–Kier alpha value is -2.43. The van der Waals surface area contributed by atoms with Crippen LogP contribution in [0.2, 0.25) is 0 Å². The van der Waals surface area contributed by atoms with Crippen LogP contribution < -0.4 is 29.3 Å². The minimum atomic E-state index is -3.91. The molecular weight excluding hydrogens is 447 g/mol. The van der Waals surface area contributed by atoms with Crippen LogP contribution >= 0.6 is 12.4 Å². The molecule has 2 aromatic rings. The van der Waals surface area contributed by atoms with Gasteiger partial charge in [0.05, 0.1) is 28.5 Å². The number of hydrogen-bond acceptors (Lipinski definition) is 7. The molecule has 0 unspecified atom stereocenters. The van der Waals surface area contributed by atoms with Gasteiger partial charge in [0.1, 0.15) is 24.8 Å². The second-order valence-corrected chi connectivity index (χ2v) is 9.23. The van der Waals surface area contributed by atoms with Gasteiger partial charge in [0.15, 0.2) is 5.75 Å². The normalized spacial score (nSPS) is 18.0. The van der Waals surface area contributed by atoms with Crippen molar-refractivity contribution in [3.05, 3.63) is 36.1 Å². The zero-order chi connectivity index (χ0) is 20.7. The van der Waals surface area contributed by atoms with Crippen molar-refractivity contribution >= 4 is 39.5 Å². The average Bonchev–Trinajstić information content (AvgIpc) is 2.78. The number of piperazine rings is 1. The highest BCUT2D eigenvalue weighted by atomic mass is 35.5. The molecule has 0 aliphatic carbocycles. The number of fused-ring (bicyclic) bond motifs is 2. The van der Waals surface area contributed by atoms with Crippen molar-refractivity contribution in [2.45, 2.75) is 4.90 Å². The Balaban J connectivity index is 0.00000231. The van der Waals surface area contributed by atoms with Crippen LogP contribution in [-0.2, 0) is 10.0 Å². The van der Waals surface area contributed by atoms with E-state index in [9.17, 15) is 12.8 Å². The van der Waals surface area contributed by atoms with Crippen LogP contribution in [0.4, 0.5) is 21.5 Å². The number of rotatable bonds is 3. The summed E-state index contributed by atoms with van der Waals surface area (Å²) in [6.07, 6.45) is 0. The summed E-state index contributed by atoms with van der Waals surface area (Å²) in [5, 5.41) is 6.41. The topological polar surface area (TPSA) is 83.1 Å². The third kappa shape index (κ3) is 3.95.